The van der Waals surface area contributed by atoms with E-state index in [4.69, 9.17) is 0 Å². The fourth-order valence-corrected chi connectivity index (χ4v) is 1.53. The van der Waals surface area contributed by atoms with Crippen LogP contribution in [0.1, 0.15) is 20.3 Å². The Morgan fingerprint density at radius 3 is 2.44 bits per heavy atom. The Morgan fingerprint density at radius 1 is 1.19 bits per heavy atom. The van der Waals surface area contributed by atoms with Crippen molar-refractivity contribution >= 4 is 29.5 Å². The molecule has 92 valence electrons. The molecule has 0 aromatic heterocycles. The fourth-order valence-electron chi connectivity index (χ4n) is 0.854. The molecule has 5 nitrogen and oxygen atoms in total. The van der Waals surface area contributed by atoms with Crippen LogP contribution < -0.4 is 0 Å². The highest BCUT2D eigenvalue weighted by Gasteiger charge is 2.09. The zero-order valence-electron chi connectivity index (χ0n) is 9.49. The molecule has 0 rings (SSSR count). The van der Waals surface area contributed by atoms with Crippen LogP contribution in [0.4, 0.5) is 0 Å². The topological polar surface area (TPSA) is 69.7 Å². The smallest absolute Gasteiger partial charge is 0.313 e. The SMILES string of the molecule is CCOC(=O)CC(=O)CSCCOC(C)=O. The molecule has 0 aliphatic heterocycles. The Hall–Kier alpha value is -1.04. The van der Waals surface area contributed by atoms with E-state index in [0.717, 1.165) is 0 Å². The van der Waals surface area contributed by atoms with Crippen LogP contribution in [0.2, 0.25) is 0 Å². The predicted octanol–water partition coefficient (Wildman–Crippen LogP) is 0.805. The number of esters is 2. The molecule has 0 saturated heterocycles. The second-order valence-electron chi connectivity index (χ2n) is 2.91. The van der Waals surface area contributed by atoms with Crippen LogP contribution in [0.3, 0.4) is 0 Å². The third-order valence-electron chi connectivity index (χ3n) is 1.44. The van der Waals surface area contributed by atoms with Crippen molar-refractivity contribution in [1.82, 2.24) is 0 Å². The van der Waals surface area contributed by atoms with Gasteiger partial charge < -0.3 is 9.47 Å². The van der Waals surface area contributed by atoms with Gasteiger partial charge in [0.05, 0.1) is 12.4 Å². The van der Waals surface area contributed by atoms with Crippen molar-refractivity contribution in [3.63, 3.8) is 0 Å². The fraction of sp³-hybridized carbons (Fsp3) is 0.700. The summed E-state index contributed by atoms with van der Waals surface area (Å²) < 4.78 is 9.31. The van der Waals surface area contributed by atoms with E-state index in [2.05, 4.69) is 9.47 Å². The Kier molecular flexibility index (Phi) is 8.61. The van der Waals surface area contributed by atoms with E-state index in [-0.39, 0.29) is 37.1 Å². The minimum absolute atomic E-state index is 0.175. The molecule has 0 radical (unpaired) electrons. The van der Waals surface area contributed by atoms with Gasteiger partial charge in [-0.15, -0.1) is 0 Å². The molecular weight excluding hydrogens is 232 g/mol. The van der Waals surface area contributed by atoms with Crippen LogP contribution in [0.5, 0.6) is 0 Å². The summed E-state index contributed by atoms with van der Waals surface area (Å²) >= 11 is 1.33. The van der Waals surface area contributed by atoms with Crippen LogP contribution in [0.15, 0.2) is 0 Å². The molecule has 0 heterocycles. The summed E-state index contributed by atoms with van der Waals surface area (Å²) in [5, 5.41) is 0. The third-order valence-corrected chi connectivity index (χ3v) is 2.42. The van der Waals surface area contributed by atoms with Crippen LogP contribution in [0.25, 0.3) is 0 Å². The lowest BCUT2D eigenvalue weighted by Gasteiger charge is -2.02. The van der Waals surface area contributed by atoms with Crippen molar-refractivity contribution in [2.24, 2.45) is 0 Å². The first-order valence-electron chi connectivity index (χ1n) is 4.94. The number of ketones is 1. The average Bonchev–Trinajstić information content (AvgIpc) is 2.16. The quantitative estimate of drug-likeness (QED) is 0.359. The first kappa shape index (κ1) is 15.0. The minimum Gasteiger partial charge on any atom is -0.466 e. The molecule has 0 fully saturated rings. The number of Topliss-reactive ketones (excluding diaryl/α,β-unsaturated/α-hetero) is 1. The lowest BCUT2D eigenvalue weighted by Crippen LogP contribution is -2.13. The minimum atomic E-state index is -0.493. The molecule has 0 atom stereocenters. The van der Waals surface area contributed by atoms with E-state index in [0.29, 0.717) is 5.75 Å². The van der Waals surface area contributed by atoms with Gasteiger partial charge in [-0.25, -0.2) is 0 Å². The summed E-state index contributed by atoms with van der Waals surface area (Å²) in [5.41, 5.74) is 0. The summed E-state index contributed by atoms with van der Waals surface area (Å²) in [6.45, 7) is 3.59. The van der Waals surface area contributed by atoms with Crippen LogP contribution >= 0.6 is 11.8 Å². The molecule has 0 aromatic carbocycles. The maximum Gasteiger partial charge on any atom is 0.313 e. The number of carbonyl (C=O) groups is 3. The van der Waals surface area contributed by atoms with Gasteiger partial charge in [-0.3, -0.25) is 14.4 Å². The Morgan fingerprint density at radius 2 is 1.88 bits per heavy atom. The normalized spacial score (nSPS) is 9.62. The number of carbonyl (C=O) groups excluding carboxylic acids is 3. The molecule has 0 saturated carbocycles. The van der Waals surface area contributed by atoms with E-state index in [9.17, 15) is 14.4 Å². The summed E-state index contributed by atoms with van der Waals surface area (Å²) in [4.78, 5) is 32.5. The number of ether oxygens (including phenoxy) is 2. The molecule has 0 aliphatic carbocycles. The number of hydrogen-bond acceptors (Lipinski definition) is 6. The van der Waals surface area contributed by atoms with Gasteiger partial charge >= 0.3 is 11.9 Å². The van der Waals surface area contributed by atoms with E-state index < -0.39 is 5.97 Å². The van der Waals surface area contributed by atoms with Gasteiger partial charge in [0, 0.05) is 12.7 Å². The molecule has 0 aliphatic rings. The maximum absolute atomic E-state index is 11.2. The van der Waals surface area contributed by atoms with E-state index >= 15 is 0 Å². The molecule has 0 spiro atoms. The van der Waals surface area contributed by atoms with Gasteiger partial charge in [-0.05, 0) is 6.92 Å². The number of thioether (sulfide) groups is 1. The zero-order chi connectivity index (χ0) is 12.4. The molecule has 0 N–H and O–H groups in total. The predicted molar refractivity (Wildman–Crippen MR) is 60.2 cm³/mol. The maximum atomic E-state index is 11.2. The van der Waals surface area contributed by atoms with Crippen molar-refractivity contribution in [2.45, 2.75) is 20.3 Å². The molecule has 0 amide bonds. The summed E-state index contributed by atoms with van der Waals surface area (Å²) in [6, 6.07) is 0. The van der Waals surface area contributed by atoms with Crippen molar-refractivity contribution in [3.05, 3.63) is 0 Å². The van der Waals surface area contributed by atoms with Gasteiger partial charge in [-0.1, -0.05) is 0 Å². The summed E-state index contributed by atoms with van der Waals surface area (Å²) in [6.07, 6.45) is -0.186. The highest BCUT2D eigenvalue weighted by Crippen LogP contribution is 2.02. The molecule has 16 heavy (non-hydrogen) atoms. The molecule has 0 aromatic rings. The molecule has 6 heteroatoms. The summed E-state index contributed by atoms with van der Waals surface area (Å²) in [7, 11) is 0. The molecular formula is C10H16O5S. The van der Waals surface area contributed by atoms with E-state index in [1.54, 1.807) is 6.92 Å². The average molecular weight is 248 g/mol. The van der Waals surface area contributed by atoms with Crippen molar-refractivity contribution in [1.29, 1.82) is 0 Å². The summed E-state index contributed by atoms with van der Waals surface area (Å²) in [5.74, 6) is -0.216. The van der Waals surface area contributed by atoms with Gasteiger partial charge in [-0.2, -0.15) is 11.8 Å². The van der Waals surface area contributed by atoms with Gasteiger partial charge in [0.1, 0.15) is 13.0 Å². The van der Waals surface area contributed by atoms with E-state index in [1.165, 1.54) is 18.7 Å². The second-order valence-corrected chi connectivity index (χ2v) is 4.02. The van der Waals surface area contributed by atoms with Crippen LogP contribution in [-0.4, -0.2) is 42.4 Å². The third kappa shape index (κ3) is 9.51. The largest absolute Gasteiger partial charge is 0.466 e. The second kappa shape index (κ2) is 9.21. The number of rotatable bonds is 8. The van der Waals surface area contributed by atoms with Crippen LogP contribution in [0, 0.1) is 0 Å². The Labute approximate surface area is 98.9 Å². The van der Waals surface area contributed by atoms with Gasteiger partial charge in [0.25, 0.3) is 0 Å². The van der Waals surface area contributed by atoms with Crippen molar-refractivity contribution < 1.29 is 23.9 Å². The van der Waals surface area contributed by atoms with Crippen LogP contribution in [-0.2, 0) is 23.9 Å². The standard InChI is InChI=1S/C10H16O5S/c1-3-14-10(13)6-9(12)7-16-5-4-15-8(2)11/h3-7H2,1-2H3. The van der Waals surface area contributed by atoms with Crippen molar-refractivity contribution in [2.75, 3.05) is 24.7 Å². The monoisotopic (exact) mass is 248 g/mol. The highest BCUT2D eigenvalue weighted by molar-refractivity contribution is 7.99. The Balaban J connectivity index is 3.43. The molecule has 0 unspecified atom stereocenters. The first-order chi connectivity index (χ1) is 7.56. The van der Waals surface area contributed by atoms with Gasteiger partial charge in [0.2, 0.25) is 0 Å². The lowest BCUT2D eigenvalue weighted by molar-refractivity contribution is -0.145. The number of hydrogen-bond donors (Lipinski definition) is 0. The lowest BCUT2D eigenvalue weighted by atomic mass is 10.3. The molecule has 0 bridgehead atoms. The Bertz CT molecular complexity index is 252. The van der Waals surface area contributed by atoms with Gasteiger partial charge in [0.15, 0.2) is 5.78 Å². The van der Waals surface area contributed by atoms with Crippen molar-refractivity contribution in [3.8, 4) is 0 Å². The highest BCUT2D eigenvalue weighted by atomic mass is 32.2. The van der Waals surface area contributed by atoms with E-state index in [1.807, 2.05) is 0 Å². The zero-order valence-corrected chi connectivity index (χ0v) is 10.3. The first-order valence-corrected chi connectivity index (χ1v) is 6.10.